The van der Waals surface area contributed by atoms with Crippen molar-refractivity contribution in [2.45, 2.75) is 24.7 Å². The van der Waals surface area contributed by atoms with Gasteiger partial charge >= 0.3 is 0 Å². The summed E-state index contributed by atoms with van der Waals surface area (Å²) in [5.41, 5.74) is 1.02. The van der Waals surface area contributed by atoms with Crippen LogP contribution in [0.5, 0.6) is 0 Å². The fraction of sp³-hybridized carbons (Fsp3) is 0.600. The lowest BCUT2D eigenvalue weighted by Crippen LogP contribution is -2.45. The Balaban J connectivity index is 2.26. The minimum absolute atomic E-state index is 0.106. The SMILES string of the molecule is CN(CCC1(c2ccc(Cl)c(Cl)c2)CCCNC1)S(C)(=O)=O. The van der Waals surface area contributed by atoms with Crippen molar-refractivity contribution in [3.63, 3.8) is 0 Å². The van der Waals surface area contributed by atoms with Gasteiger partial charge in [-0.15, -0.1) is 0 Å². The topological polar surface area (TPSA) is 49.4 Å². The minimum atomic E-state index is -3.16. The lowest BCUT2D eigenvalue weighted by atomic mass is 9.72. The van der Waals surface area contributed by atoms with Gasteiger partial charge in [-0.25, -0.2) is 12.7 Å². The quantitative estimate of drug-likeness (QED) is 0.873. The summed E-state index contributed by atoms with van der Waals surface area (Å²) in [5.74, 6) is 0. The number of nitrogens with one attached hydrogen (secondary N) is 1. The summed E-state index contributed by atoms with van der Waals surface area (Å²) in [7, 11) is -1.54. The zero-order chi connectivity index (χ0) is 16.4. The van der Waals surface area contributed by atoms with Crippen LogP contribution in [0.25, 0.3) is 0 Å². The molecule has 124 valence electrons. The molecule has 0 bridgehead atoms. The number of benzene rings is 1. The molecule has 0 aliphatic carbocycles. The summed E-state index contributed by atoms with van der Waals surface area (Å²) in [6.07, 6.45) is 4.05. The van der Waals surface area contributed by atoms with E-state index in [0.717, 1.165) is 37.9 Å². The molecule has 22 heavy (non-hydrogen) atoms. The van der Waals surface area contributed by atoms with Crippen molar-refractivity contribution in [2.75, 3.05) is 32.9 Å². The molecule has 0 radical (unpaired) electrons. The number of hydrogen-bond donors (Lipinski definition) is 1. The Kier molecular flexibility index (Phi) is 5.78. The van der Waals surface area contributed by atoms with E-state index in [1.165, 1.54) is 10.6 Å². The summed E-state index contributed by atoms with van der Waals surface area (Å²) in [4.78, 5) is 0. The van der Waals surface area contributed by atoms with E-state index in [1.54, 1.807) is 7.05 Å². The fourth-order valence-electron chi connectivity index (χ4n) is 2.94. The van der Waals surface area contributed by atoms with Gasteiger partial charge in [0.1, 0.15) is 0 Å². The molecule has 1 aliphatic heterocycles. The van der Waals surface area contributed by atoms with Crippen LogP contribution in [-0.2, 0) is 15.4 Å². The maximum atomic E-state index is 11.6. The van der Waals surface area contributed by atoms with E-state index in [9.17, 15) is 8.42 Å². The number of sulfonamides is 1. The highest BCUT2D eigenvalue weighted by atomic mass is 35.5. The highest BCUT2D eigenvalue weighted by molar-refractivity contribution is 7.88. The molecule has 1 unspecified atom stereocenters. The second-order valence-corrected chi connectivity index (χ2v) is 8.93. The molecule has 1 saturated heterocycles. The Morgan fingerprint density at radius 2 is 2.05 bits per heavy atom. The fourth-order valence-corrected chi connectivity index (χ4v) is 3.66. The highest BCUT2D eigenvalue weighted by Crippen LogP contribution is 2.37. The number of piperidine rings is 1. The Bertz CT molecular complexity index is 628. The van der Waals surface area contributed by atoms with Gasteiger partial charge in [-0.2, -0.15) is 0 Å². The van der Waals surface area contributed by atoms with Crippen molar-refractivity contribution >= 4 is 33.2 Å². The van der Waals surface area contributed by atoms with Gasteiger partial charge in [0.25, 0.3) is 0 Å². The van der Waals surface area contributed by atoms with E-state index in [4.69, 9.17) is 23.2 Å². The molecule has 2 rings (SSSR count). The van der Waals surface area contributed by atoms with Crippen molar-refractivity contribution in [1.82, 2.24) is 9.62 Å². The predicted octanol–water partition coefficient (Wildman–Crippen LogP) is 2.90. The molecule has 1 heterocycles. The van der Waals surface area contributed by atoms with Crippen molar-refractivity contribution < 1.29 is 8.42 Å². The third kappa shape index (κ3) is 4.15. The predicted molar refractivity (Wildman–Crippen MR) is 92.3 cm³/mol. The summed E-state index contributed by atoms with van der Waals surface area (Å²) in [6.45, 7) is 2.30. The van der Waals surface area contributed by atoms with Gasteiger partial charge < -0.3 is 5.32 Å². The van der Waals surface area contributed by atoms with Crippen molar-refractivity contribution in [2.24, 2.45) is 0 Å². The van der Waals surface area contributed by atoms with Crippen LogP contribution < -0.4 is 5.32 Å². The van der Waals surface area contributed by atoms with E-state index in [-0.39, 0.29) is 5.41 Å². The van der Waals surface area contributed by atoms with Crippen molar-refractivity contribution in [1.29, 1.82) is 0 Å². The van der Waals surface area contributed by atoms with Crippen LogP contribution in [0, 0.1) is 0 Å². The Labute approximate surface area is 142 Å². The number of nitrogens with zero attached hydrogens (tertiary/aromatic N) is 1. The molecule has 1 N–H and O–H groups in total. The first kappa shape index (κ1) is 18.0. The van der Waals surface area contributed by atoms with E-state index in [2.05, 4.69) is 5.32 Å². The maximum Gasteiger partial charge on any atom is 0.210 e. The number of rotatable bonds is 5. The zero-order valence-corrected chi connectivity index (χ0v) is 15.2. The van der Waals surface area contributed by atoms with E-state index in [0.29, 0.717) is 16.6 Å². The second-order valence-electron chi connectivity index (χ2n) is 6.02. The molecule has 1 aromatic carbocycles. The molecule has 1 atom stereocenters. The third-order valence-corrected chi connectivity index (χ3v) is 6.53. The highest BCUT2D eigenvalue weighted by Gasteiger charge is 2.34. The number of halogens is 2. The zero-order valence-electron chi connectivity index (χ0n) is 12.9. The first-order valence-corrected chi connectivity index (χ1v) is 9.93. The molecular formula is C15H22Cl2N2O2S. The van der Waals surface area contributed by atoms with Gasteiger partial charge in [0, 0.05) is 25.6 Å². The van der Waals surface area contributed by atoms with E-state index in [1.807, 2.05) is 18.2 Å². The van der Waals surface area contributed by atoms with Gasteiger partial charge in [-0.05, 0) is 43.5 Å². The average Bonchev–Trinajstić information content (AvgIpc) is 2.47. The molecule has 1 aromatic rings. The standard InChI is InChI=1S/C15H22Cl2N2O2S/c1-19(22(2,20)21)9-7-15(6-3-8-18-11-15)12-4-5-13(16)14(17)10-12/h4-5,10,18H,3,6-9,11H2,1-2H3. The summed E-state index contributed by atoms with van der Waals surface area (Å²) in [6, 6.07) is 5.73. The van der Waals surface area contributed by atoms with Gasteiger partial charge in [0.2, 0.25) is 10.0 Å². The van der Waals surface area contributed by atoms with Gasteiger partial charge in [0.05, 0.1) is 16.3 Å². The van der Waals surface area contributed by atoms with Crippen LogP contribution >= 0.6 is 23.2 Å². The van der Waals surface area contributed by atoms with E-state index >= 15 is 0 Å². The Hall–Kier alpha value is -0.330. The molecule has 7 heteroatoms. The molecular weight excluding hydrogens is 343 g/mol. The lowest BCUT2D eigenvalue weighted by Gasteiger charge is -2.39. The van der Waals surface area contributed by atoms with Crippen LogP contribution in [0.15, 0.2) is 18.2 Å². The average molecular weight is 365 g/mol. The summed E-state index contributed by atoms with van der Waals surface area (Å²) < 4.78 is 24.6. The van der Waals surface area contributed by atoms with Crippen LogP contribution in [0.2, 0.25) is 10.0 Å². The van der Waals surface area contributed by atoms with Crippen LogP contribution in [-0.4, -0.2) is 45.7 Å². The first-order chi connectivity index (χ1) is 10.2. The Morgan fingerprint density at radius 3 is 2.59 bits per heavy atom. The molecule has 1 fully saturated rings. The van der Waals surface area contributed by atoms with Gasteiger partial charge in [0.15, 0.2) is 0 Å². The molecule has 0 spiro atoms. The smallest absolute Gasteiger partial charge is 0.210 e. The maximum absolute atomic E-state index is 11.6. The first-order valence-electron chi connectivity index (χ1n) is 7.32. The molecule has 0 aromatic heterocycles. The summed E-state index contributed by atoms with van der Waals surface area (Å²) >= 11 is 12.2. The summed E-state index contributed by atoms with van der Waals surface area (Å²) in [5, 5.41) is 4.51. The molecule has 1 aliphatic rings. The molecule has 0 saturated carbocycles. The minimum Gasteiger partial charge on any atom is -0.316 e. The second kappa shape index (κ2) is 7.05. The molecule has 0 amide bonds. The van der Waals surface area contributed by atoms with Crippen LogP contribution in [0.1, 0.15) is 24.8 Å². The normalized spacial score (nSPS) is 23.0. The van der Waals surface area contributed by atoms with E-state index < -0.39 is 10.0 Å². The Morgan fingerprint density at radius 1 is 1.32 bits per heavy atom. The lowest BCUT2D eigenvalue weighted by molar-refractivity contribution is 0.274. The van der Waals surface area contributed by atoms with Crippen LogP contribution in [0.3, 0.4) is 0 Å². The largest absolute Gasteiger partial charge is 0.316 e. The number of hydrogen-bond acceptors (Lipinski definition) is 3. The van der Waals surface area contributed by atoms with Crippen molar-refractivity contribution in [3.05, 3.63) is 33.8 Å². The molecule has 4 nitrogen and oxygen atoms in total. The third-order valence-electron chi connectivity index (χ3n) is 4.48. The van der Waals surface area contributed by atoms with Crippen molar-refractivity contribution in [3.8, 4) is 0 Å². The van der Waals surface area contributed by atoms with Gasteiger partial charge in [-0.1, -0.05) is 29.3 Å². The monoisotopic (exact) mass is 364 g/mol. The van der Waals surface area contributed by atoms with Gasteiger partial charge in [-0.3, -0.25) is 0 Å². The van der Waals surface area contributed by atoms with Crippen LogP contribution in [0.4, 0.5) is 0 Å².